The zero-order valence-corrected chi connectivity index (χ0v) is 23.0. The zero-order chi connectivity index (χ0) is 27.0. The minimum absolute atomic E-state index is 0.0000606. The molecule has 200 valence electrons. The van der Waals surface area contributed by atoms with Gasteiger partial charge in [-0.3, -0.25) is 14.4 Å². The number of amides is 4. The highest BCUT2D eigenvalue weighted by Crippen LogP contribution is 2.65. The summed E-state index contributed by atoms with van der Waals surface area (Å²) in [7, 11) is 0. The van der Waals surface area contributed by atoms with E-state index in [1.807, 2.05) is 41.5 Å². The van der Waals surface area contributed by atoms with Crippen molar-refractivity contribution in [2.45, 2.75) is 98.3 Å². The summed E-state index contributed by atoms with van der Waals surface area (Å²) in [6, 6.07) is -2.65. The van der Waals surface area contributed by atoms with Crippen molar-refractivity contribution in [2.24, 2.45) is 34.5 Å². The number of hydrogen-bond acceptors (Lipinski definition) is 5. The van der Waals surface area contributed by atoms with Crippen LogP contribution in [0.25, 0.3) is 0 Å². The Bertz CT molecular complexity index is 991. The predicted molar refractivity (Wildman–Crippen MR) is 136 cm³/mol. The maximum absolute atomic E-state index is 13.9. The predicted octanol–water partition coefficient (Wildman–Crippen LogP) is 2.49. The van der Waals surface area contributed by atoms with Crippen LogP contribution >= 0.6 is 0 Å². The second-order valence-electron chi connectivity index (χ2n) is 14.1. The standard InChI is InChI=1S/C27H43N5O4/c1-25(2,3)21(30-24(36)31-26(4,5)6)23(35)32-12-15-17(27(15,7)8)19(32)22(34)29-16-11-13-9-10-14(13)18(28)20(16)33/h13-17,19,21,28H,9-12H2,1-8H3,(H,29,34)(H2,30,31,36). The molecule has 0 spiro atoms. The second kappa shape index (κ2) is 8.55. The number of urea groups is 1. The topological polar surface area (TPSA) is 131 Å². The average Bonchev–Trinajstić information content (AvgIpc) is 3.05. The lowest BCUT2D eigenvalue weighted by Crippen LogP contribution is -2.62. The fourth-order valence-electron chi connectivity index (χ4n) is 6.53. The van der Waals surface area contributed by atoms with Gasteiger partial charge in [-0.2, -0.15) is 0 Å². The van der Waals surface area contributed by atoms with Crippen molar-refractivity contribution in [1.82, 2.24) is 20.9 Å². The number of carbonyl (C=O) groups is 4. The first-order chi connectivity index (χ1) is 16.4. The van der Waals surface area contributed by atoms with Gasteiger partial charge in [-0.1, -0.05) is 34.6 Å². The third-order valence-electron chi connectivity index (χ3n) is 8.86. The number of nitrogens with zero attached hydrogens (tertiary/aromatic N) is 1. The van der Waals surface area contributed by atoms with E-state index in [1.54, 1.807) is 4.90 Å². The Hall–Kier alpha value is -2.45. The van der Waals surface area contributed by atoms with E-state index in [9.17, 15) is 19.2 Å². The third-order valence-corrected chi connectivity index (χ3v) is 8.86. The number of fused-ring (bicyclic) bond motifs is 2. The highest BCUT2D eigenvalue weighted by molar-refractivity contribution is 6.42. The molecular formula is C27H43N5O4. The highest BCUT2D eigenvalue weighted by atomic mass is 16.2. The van der Waals surface area contributed by atoms with Crippen LogP contribution in [0.3, 0.4) is 0 Å². The first kappa shape index (κ1) is 26.6. The molecule has 0 radical (unpaired) electrons. The molecule has 4 fully saturated rings. The Morgan fingerprint density at radius 1 is 1.08 bits per heavy atom. The molecule has 0 aromatic heterocycles. The van der Waals surface area contributed by atoms with Crippen LogP contribution in [0.1, 0.15) is 74.7 Å². The number of carbonyl (C=O) groups excluding carboxylic acids is 4. The molecule has 4 aliphatic rings. The molecule has 0 bridgehead atoms. The van der Waals surface area contributed by atoms with Gasteiger partial charge >= 0.3 is 6.03 Å². The Morgan fingerprint density at radius 3 is 2.25 bits per heavy atom. The molecule has 9 nitrogen and oxygen atoms in total. The third kappa shape index (κ3) is 4.65. The molecule has 1 saturated heterocycles. The van der Waals surface area contributed by atoms with Gasteiger partial charge in [0.25, 0.3) is 0 Å². The number of rotatable bonds is 4. The van der Waals surface area contributed by atoms with E-state index in [-0.39, 0.29) is 52.4 Å². The van der Waals surface area contributed by atoms with Crippen molar-refractivity contribution < 1.29 is 19.2 Å². The van der Waals surface area contributed by atoms with Gasteiger partial charge in [0, 0.05) is 18.0 Å². The fourth-order valence-corrected chi connectivity index (χ4v) is 6.53. The Labute approximate surface area is 214 Å². The minimum Gasteiger partial charge on any atom is -0.344 e. The van der Waals surface area contributed by atoms with E-state index in [4.69, 9.17) is 5.41 Å². The molecule has 4 amide bonds. The molecule has 1 heterocycles. The van der Waals surface area contributed by atoms with Gasteiger partial charge in [0.15, 0.2) is 5.78 Å². The normalized spacial score (nSPS) is 33.6. The van der Waals surface area contributed by atoms with Crippen molar-refractivity contribution >= 4 is 29.3 Å². The molecule has 0 aromatic rings. The number of piperidine rings is 1. The summed E-state index contributed by atoms with van der Waals surface area (Å²) in [5.74, 6) is -0.381. The Kier molecular flexibility index (Phi) is 6.32. The van der Waals surface area contributed by atoms with Crippen LogP contribution in [0.5, 0.6) is 0 Å². The van der Waals surface area contributed by atoms with E-state index >= 15 is 0 Å². The van der Waals surface area contributed by atoms with E-state index in [0.717, 1.165) is 12.8 Å². The van der Waals surface area contributed by atoms with Crippen LogP contribution in [0.4, 0.5) is 4.79 Å². The second-order valence-corrected chi connectivity index (χ2v) is 14.1. The van der Waals surface area contributed by atoms with Crippen molar-refractivity contribution in [3.63, 3.8) is 0 Å². The molecule has 4 rings (SSSR count). The number of Topliss-reactive ketones (excluding diaryl/α,β-unsaturated/α-hetero) is 1. The average molecular weight is 502 g/mol. The van der Waals surface area contributed by atoms with Crippen molar-refractivity contribution in [3.8, 4) is 0 Å². The summed E-state index contributed by atoms with van der Waals surface area (Å²) < 4.78 is 0. The lowest BCUT2D eigenvalue weighted by Gasteiger charge is -2.43. The Balaban J connectivity index is 1.53. The number of nitrogens with one attached hydrogen (secondary N) is 4. The fraction of sp³-hybridized carbons (Fsp3) is 0.815. The summed E-state index contributed by atoms with van der Waals surface area (Å²) in [5, 5.41) is 16.9. The summed E-state index contributed by atoms with van der Waals surface area (Å²) >= 11 is 0. The van der Waals surface area contributed by atoms with Crippen molar-refractivity contribution in [3.05, 3.63) is 0 Å². The van der Waals surface area contributed by atoms with Crippen LogP contribution in [-0.2, 0) is 14.4 Å². The molecule has 4 N–H and O–H groups in total. The van der Waals surface area contributed by atoms with E-state index in [1.165, 1.54) is 0 Å². The number of likely N-dealkylation sites (tertiary alicyclic amines) is 1. The van der Waals surface area contributed by atoms with Crippen LogP contribution in [-0.4, -0.2) is 64.4 Å². The highest BCUT2D eigenvalue weighted by Gasteiger charge is 2.70. The van der Waals surface area contributed by atoms with Gasteiger partial charge in [-0.25, -0.2) is 4.79 Å². The lowest BCUT2D eigenvalue weighted by molar-refractivity contribution is -0.144. The van der Waals surface area contributed by atoms with Gasteiger partial charge in [-0.05, 0) is 68.6 Å². The van der Waals surface area contributed by atoms with Crippen molar-refractivity contribution in [2.75, 3.05) is 6.54 Å². The maximum atomic E-state index is 13.9. The van der Waals surface area contributed by atoms with Gasteiger partial charge in [-0.15, -0.1) is 0 Å². The first-order valence-electron chi connectivity index (χ1n) is 13.3. The zero-order valence-electron chi connectivity index (χ0n) is 23.0. The van der Waals surface area contributed by atoms with E-state index in [0.29, 0.717) is 13.0 Å². The first-order valence-corrected chi connectivity index (χ1v) is 13.3. The number of ketones is 1. The molecule has 7 atom stereocenters. The van der Waals surface area contributed by atoms with Gasteiger partial charge < -0.3 is 26.3 Å². The molecule has 36 heavy (non-hydrogen) atoms. The summed E-state index contributed by atoms with van der Waals surface area (Å²) in [6.45, 7) is 16.0. The summed E-state index contributed by atoms with van der Waals surface area (Å²) in [4.78, 5) is 54.7. The number of hydrogen-bond donors (Lipinski definition) is 4. The smallest absolute Gasteiger partial charge is 0.315 e. The van der Waals surface area contributed by atoms with Gasteiger partial charge in [0.05, 0.1) is 11.8 Å². The van der Waals surface area contributed by atoms with Gasteiger partial charge in [0.2, 0.25) is 11.8 Å². The quantitative estimate of drug-likeness (QED) is 0.471. The van der Waals surface area contributed by atoms with Crippen LogP contribution in [0, 0.1) is 39.9 Å². The molecular weight excluding hydrogens is 458 g/mol. The van der Waals surface area contributed by atoms with Crippen LogP contribution < -0.4 is 16.0 Å². The molecule has 0 aromatic carbocycles. The Morgan fingerprint density at radius 2 is 1.72 bits per heavy atom. The minimum atomic E-state index is -0.823. The largest absolute Gasteiger partial charge is 0.344 e. The summed E-state index contributed by atoms with van der Waals surface area (Å²) in [5.41, 5.74) is -0.982. The van der Waals surface area contributed by atoms with Gasteiger partial charge in [0.1, 0.15) is 12.1 Å². The molecule has 3 aliphatic carbocycles. The van der Waals surface area contributed by atoms with E-state index < -0.39 is 35.1 Å². The molecule has 1 aliphatic heterocycles. The monoisotopic (exact) mass is 501 g/mol. The molecule has 9 heteroatoms. The molecule has 7 unspecified atom stereocenters. The lowest BCUT2D eigenvalue weighted by atomic mass is 9.63. The van der Waals surface area contributed by atoms with Crippen LogP contribution in [0.15, 0.2) is 0 Å². The SMILES string of the molecule is CC(C)(C)NC(=O)NC(C(=O)N1CC2C(C1C(=O)NC1CC3CCC3C(=N)C1=O)C2(C)C)C(C)(C)C. The van der Waals surface area contributed by atoms with Crippen LogP contribution in [0.2, 0.25) is 0 Å². The van der Waals surface area contributed by atoms with E-state index in [2.05, 4.69) is 29.8 Å². The summed E-state index contributed by atoms with van der Waals surface area (Å²) in [6.07, 6.45) is 2.42. The van der Waals surface area contributed by atoms with Crippen molar-refractivity contribution in [1.29, 1.82) is 5.41 Å². The molecule has 3 saturated carbocycles. The maximum Gasteiger partial charge on any atom is 0.315 e.